The van der Waals surface area contributed by atoms with E-state index in [-0.39, 0.29) is 12.3 Å². The van der Waals surface area contributed by atoms with Gasteiger partial charge in [0.15, 0.2) is 0 Å². The van der Waals surface area contributed by atoms with Gasteiger partial charge in [-0.25, -0.2) is 10.5 Å². The van der Waals surface area contributed by atoms with E-state index < -0.39 is 5.91 Å². The van der Waals surface area contributed by atoms with Gasteiger partial charge in [-0.15, -0.1) is 0 Å². The van der Waals surface area contributed by atoms with Crippen LogP contribution in [-0.4, -0.2) is 15.5 Å². The summed E-state index contributed by atoms with van der Waals surface area (Å²) < 4.78 is 4.99. The van der Waals surface area contributed by atoms with E-state index in [9.17, 15) is 4.79 Å². The van der Waals surface area contributed by atoms with Crippen LogP contribution in [0.2, 0.25) is 0 Å². The first-order valence-electron chi connectivity index (χ1n) is 5.15. The maximum Gasteiger partial charge on any atom is 0.244 e. The molecule has 0 saturated heterocycles. The minimum absolute atomic E-state index is 0.0523. The summed E-state index contributed by atoms with van der Waals surface area (Å²) in [6.45, 7) is 0. The maximum absolute atomic E-state index is 11.2. The molecule has 6 heteroatoms. The van der Waals surface area contributed by atoms with Crippen molar-refractivity contribution >= 4 is 23.0 Å². The van der Waals surface area contributed by atoms with Crippen molar-refractivity contribution < 1.29 is 10.0 Å². The van der Waals surface area contributed by atoms with Gasteiger partial charge in [0.2, 0.25) is 5.91 Å². The lowest BCUT2D eigenvalue weighted by atomic mass is 9.89. The third-order valence-corrected chi connectivity index (χ3v) is 3.53. The van der Waals surface area contributed by atoms with Crippen molar-refractivity contribution in [1.82, 2.24) is 9.85 Å². The molecule has 2 N–H and O–H groups in total. The molecule has 1 amide bonds. The van der Waals surface area contributed by atoms with Crippen LogP contribution in [0.5, 0.6) is 0 Å². The zero-order valence-corrected chi connectivity index (χ0v) is 9.57. The van der Waals surface area contributed by atoms with E-state index in [2.05, 4.69) is 9.37 Å². The fourth-order valence-corrected chi connectivity index (χ4v) is 2.77. The number of allylic oxidation sites excluding steroid dienone is 4. The first-order chi connectivity index (χ1) is 8.29. The quantitative estimate of drug-likeness (QED) is 0.566. The number of hydrogen-bond acceptors (Lipinski definition) is 5. The average Bonchev–Trinajstić information content (AvgIpc) is 2.88. The smallest absolute Gasteiger partial charge is 0.244 e. The molecule has 3 rings (SSSR count). The fraction of sp³-hybridized carbons (Fsp3) is 0.182. The van der Waals surface area contributed by atoms with Crippen LogP contribution in [-0.2, 0) is 4.79 Å². The maximum atomic E-state index is 11.2. The van der Waals surface area contributed by atoms with Crippen molar-refractivity contribution in [3.63, 3.8) is 0 Å². The van der Waals surface area contributed by atoms with Crippen LogP contribution in [0, 0.1) is 5.92 Å². The molecule has 0 bridgehead atoms. The van der Waals surface area contributed by atoms with E-state index in [1.165, 1.54) is 11.5 Å². The van der Waals surface area contributed by atoms with Crippen LogP contribution in [0.25, 0.3) is 5.57 Å². The largest absolute Gasteiger partial charge is 0.289 e. The summed E-state index contributed by atoms with van der Waals surface area (Å²) in [5.41, 5.74) is 3.58. The molecule has 86 valence electrons. The van der Waals surface area contributed by atoms with E-state index in [0.717, 1.165) is 21.2 Å². The molecule has 0 fully saturated rings. The Morgan fingerprint density at radius 3 is 3.29 bits per heavy atom. The summed E-state index contributed by atoms with van der Waals surface area (Å²) in [5, 5.41) is 9.58. The molecule has 1 aliphatic heterocycles. The number of rotatable bonds is 2. The third kappa shape index (κ3) is 1.62. The van der Waals surface area contributed by atoms with Gasteiger partial charge in [0.25, 0.3) is 0 Å². The Kier molecular flexibility index (Phi) is 2.38. The Balaban J connectivity index is 2.07. The summed E-state index contributed by atoms with van der Waals surface area (Å²) in [7, 11) is 0. The highest BCUT2D eigenvalue weighted by molar-refractivity contribution is 7.03. The van der Waals surface area contributed by atoms with E-state index in [4.69, 9.17) is 5.21 Å². The van der Waals surface area contributed by atoms with E-state index in [1.54, 1.807) is 11.7 Å². The van der Waals surface area contributed by atoms with Crippen molar-refractivity contribution in [2.24, 2.45) is 10.9 Å². The Bertz CT molecular complexity index is 657. The second-order valence-corrected chi connectivity index (χ2v) is 4.63. The molecular formula is C11H9N3O2S. The number of carbonyl (C=O) groups excluding carboxylic acids is 1. The predicted octanol–water partition coefficient (Wildman–Crippen LogP) is -0.108. The summed E-state index contributed by atoms with van der Waals surface area (Å²) in [5.74, 6) is -0.450. The topological polar surface area (TPSA) is 74.6 Å². The third-order valence-electron chi connectivity index (χ3n) is 2.84. The van der Waals surface area contributed by atoms with Crippen LogP contribution >= 0.6 is 11.5 Å². The molecule has 1 unspecified atom stereocenters. The number of fused-ring (bicyclic) bond motifs is 2. The highest BCUT2D eigenvalue weighted by Crippen LogP contribution is 2.30. The van der Waals surface area contributed by atoms with Gasteiger partial charge in [-0.05, 0) is 23.2 Å². The second kappa shape index (κ2) is 3.90. The molecule has 0 spiro atoms. The monoisotopic (exact) mass is 247 g/mol. The summed E-state index contributed by atoms with van der Waals surface area (Å²) >= 11 is 1.35. The molecule has 17 heavy (non-hydrogen) atoms. The number of nitrogens with zero attached hydrogens (tertiary/aromatic N) is 2. The lowest BCUT2D eigenvalue weighted by molar-refractivity contribution is -0.129. The highest BCUT2D eigenvalue weighted by atomic mass is 32.1. The molecule has 1 aromatic rings. The lowest BCUT2D eigenvalue weighted by Gasteiger charge is -2.16. The van der Waals surface area contributed by atoms with Gasteiger partial charge in [-0.2, -0.15) is 4.37 Å². The minimum atomic E-state index is -0.398. The van der Waals surface area contributed by atoms with E-state index in [0.29, 0.717) is 0 Å². The van der Waals surface area contributed by atoms with E-state index in [1.807, 2.05) is 18.2 Å². The zero-order valence-electron chi connectivity index (χ0n) is 8.75. The number of hydrogen-bond donors (Lipinski definition) is 2. The SMILES string of the molecule is O=C(CC1C=CC=C2N=c3sncc3=C21)NO. The van der Waals surface area contributed by atoms with Crippen LogP contribution in [0.3, 0.4) is 0 Å². The number of hydroxylamine groups is 1. The molecule has 1 aromatic heterocycles. The molecular weight excluding hydrogens is 238 g/mol. The first-order valence-corrected chi connectivity index (χ1v) is 5.92. The molecule has 1 aliphatic carbocycles. The van der Waals surface area contributed by atoms with Crippen LogP contribution in [0.4, 0.5) is 0 Å². The molecule has 2 heterocycles. The number of nitrogens with one attached hydrogen (secondary N) is 1. The van der Waals surface area contributed by atoms with Gasteiger partial charge >= 0.3 is 0 Å². The van der Waals surface area contributed by atoms with E-state index >= 15 is 0 Å². The standard InChI is InChI=1S/C11H9N3O2S/c15-9(14-16)4-6-2-1-3-8-10(6)7-5-12-17-11(7)13-8/h1-3,5-6,16H,4H2,(H,14,15). The van der Waals surface area contributed by atoms with Gasteiger partial charge in [0, 0.05) is 17.6 Å². The second-order valence-electron chi connectivity index (χ2n) is 3.85. The Labute approximate surface area is 101 Å². The highest BCUT2D eigenvalue weighted by Gasteiger charge is 2.25. The number of aromatic nitrogens is 1. The molecule has 0 radical (unpaired) electrons. The lowest BCUT2D eigenvalue weighted by Crippen LogP contribution is -2.25. The Hall–Kier alpha value is -1.79. The molecule has 5 nitrogen and oxygen atoms in total. The average molecular weight is 247 g/mol. The zero-order chi connectivity index (χ0) is 11.8. The molecule has 2 aliphatic rings. The normalized spacial score (nSPS) is 20.4. The van der Waals surface area contributed by atoms with Crippen molar-refractivity contribution in [1.29, 1.82) is 0 Å². The predicted molar refractivity (Wildman–Crippen MR) is 61.6 cm³/mol. The Morgan fingerprint density at radius 1 is 1.59 bits per heavy atom. The van der Waals surface area contributed by atoms with Gasteiger partial charge in [0.05, 0.1) is 11.9 Å². The molecule has 0 aromatic carbocycles. The van der Waals surface area contributed by atoms with Crippen molar-refractivity contribution in [2.75, 3.05) is 0 Å². The van der Waals surface area contributed by atoms with Crippen LogP contribution < -0.4 is 15.4 Å². The van der Waals surface area contributed by atoms with Gasteiger partial charge in [-0.1, -0.05) is 12.2 Å². The number of amides is 1. The van der Waals surface area contributed by atoms with Gasteiger partial charge in [0.1, 0.15) is 4.67 Å². The van der Waals surface area contributed by atoms with Gasteiger partial charge < -0.3 is 0 Å². The van der Waals surface area contributed by atoms with Gasteiger partial charge in [-0.3, -0.25) is 10.0 Å². The van der Waals surface area contributed by atoms with Crippen molar-refractivity contribution in [2.45, 2.75) is 6.42 Å². The molecule has 1 atom stereocenters. The van der Waals surface area contributed by atoms with Crippen molar-refractivity contribution in [3.8, 4) is 0 Å². The summed E-state index contributed by atoms with van der Waals surface area (Å²) in [4.78, 5) is 15.7. The first kappa shape index (κ1) is 10.4. The fourth-order valence-electron chi connectivity index (χ4n) is 2.12. The van der Waals surface area contributed by atoms with Crippen LogP contribution in [0.1, 0.15) is 6.42 Å². The van der Waals surface area contributed by atoms with Crippen LogP contribution in [0.15, 0.2) is 35.1 Å². The number of carbonyl (C=O) groups is 1. The molecule has 0 saturated carbocycles. The Morgan fingerprint density at radius 2 is 2.47 bits per heavy atom. The summed E-state index contributed by atoms with van der Waals surface area (Å²) in [6, 6.07) is 0. The summed E-state index contributed by atoms with van der Waals surface area (Å²) in [6.07, 6.45) is 7.75. The van der Waals surface area contributed by atoms with Crippen molar-refractivity contribution in [3.05, 3.63) is 40.0 Å². The minimum Gasteiger partial charge on any atom is -0.289 e.